The maximum Gasteiger partial charge on any atom is 0.320 e. The Hall–Kier alpha value is -1.39. The molecule has 1 aliphatic heterocycles. The van der Waals surface area contributed by atoms with E-state index in [0.717, 1.165) is 13.1 Å². The molecule has 0 aliphatic carbocycles. The molecule has 2 atom stereocenters. The number of hydrogen-bond acceptors (Lipinski definition) is 3. The van der Waals surface area contributed by atoms with Gasteiger partial charge in [-0.25, -0.2) is 0 Å². The van der Waals surface area contributed by atoms with Crippen LogP contribution in [0.2, 0.25) is 0 Å². The Bertz CT molecular complexity index is 402. The molecule has 19 heavy (non-hydrogen) atoms. The molecule has 1 aromatic carbocycles. The van der Waals surface area contributed by atoms with Crippen molar-refractivity contribution in [1.29, 1.82) is 0 Å². The summed E-state index contributed by atoms with van der Waals surface area (Å²) in [6, 6.07) is 10.1. The van der Waals surface area contributed by atoms with Gasteiger partial charge in [0.1, 0.15) is 6.04 Å². The molecular weight excluding hydrogens is 240 g/mol. The van der Waals surface area contributed by atoms with Gasteiger partial charge in [-0.2, -0.15) is 0 Å². The van der Waals surface area contributed by atoms with E-state index in [4.69, 9.17) is 5.11 Å². The van der Waals surface area contributed by atoms with Crippen molar-refractivity contribution in [2.75, 3.05) is 19.6 Å². The molecule has 1 fully saturated rings. The Kier molecular flexibility index (Phi) is 4.93. The summed E-state index contributed by atoms with van der Waals surface area (Å²) in [5.74, 6) is -0.798. The molecule has 0 amide bonds. The minimum absolute atomic E-state index is 0.269. The first kappa shape index (κ1) is 14.0. The summed E-state index contributed by atoms with van der Waals surface area (Å²) in [7, 11) is 0. The standard InChI is InChI=1S/C15H22N2O2/c1-12(15(18)19)16-11-14(17-9-5-6-10-17)13-7-3-2-4-8-13/h2-4,7-8,12,14,16H,5-6,9-11H2,1H3,(H,18,19). The van der Waals surface area contributed by atoms with Gasteiger partial charge in [-0.15, -0.1) is 0 Å². The van der Waals surface area contributed by atoms with Crippen LogP contribution >= 0.6 is 0 Å². The highest BCUT2D eigenvalue weighted by Crippen LogP contribution is 2.24. The van der Waals surface area contributed by atoms with E-state index < -0.39 is 12.0 Å². The maximum atomic E-state index is 10.9. The largest absolute Gasteiger partial charge is 0.480 e. The monoisotopic (exact) mass is 262 g/mol. The average Bonchev–Trinajstić information content (AvgIpc) is 2.94. The second kappa shape index (κ2) is 6.68. The lowest BCUT2D eigenvalue weighted by Gasteiger charge is -2.29. The zero-order valence-electron chi connectivity index (χ0n) is 11.4. The third kappa shape index (κ3) is 3.78. The molecule has 2 unspecified atom stereocenters. The zero-order chi connectivity index (χ0) is 13.7. The van der Waals surface area contributed by atoms with Crippen molar-refractivity contribution < 1.29 is 9.90 Å². The number of likely N-dealkylation sites (tertiary alicyclic amines) is 1. The topological polar surface area (TPSA) is 52.6 Å². The van der Waals surface area contributed by atoms with Gasteiger partial charge in [-0.1, -0.05) is 30.3 Å². The predicted octanol–water partition coefficient (Wildman–Crippen LogP) is 1.89. The van der Waals surface area contributed by atoms with Gasteiger partial charge >= 0.3 is 5.97 Å². The number of hydrogen-bond donors (Lipinski definition) is 2. The van der Waals surface area contributed by atoms with Crippen molar-refractivity contribution in [3.63, 3.8) is 0 Å². The van der Waals surface area contributed by atoms with Crippen LogP contribution in [-0.4, -0.2) is 41.7 Å². The summed E-state index contributed by atoms with van der Waals surface area (Å²) in [5.41, 5.74) is 1.26. The lowest BCUT2D eigenvalue weighted by atomic mass is 10.1. The normalized spacial score (nSPS) is 19.2. The molecule has 0 radical (unpaired) electrons. The van der Waals surface area contributed by atoms with Gasteiger partial charge in [0.05, 0.1) is 0 Å². The van der Waals surface area contributed by atoms with Crippen molar-refractivity contribution in [1.82, 2.24) is 10.2 Å². The third-order valence-electron chi connectivity index (χ3n) is 3.75. The highest BCUT2D eigenvalue weighted by molar-refractivity contribution is 5.72. The first-order valence-corrected chi connectivity index (χ1v) is 6.93. The number of nitrogens with zero attached hydrogens (tertiary/aromatic N) is 1. The van der Waals surface area contributed by atoms with Gasteiger partial charge in [-0.05, 0) is 38.4 Å². The molecule has 0 spiro atoms. The second-order valence-electron chi connectivity index (χ2n) is 5.14. The molecular formula is C15H22N2O2. The van der Waals surface area contributed by atoms with Crippen LogP contribution in [0.5, 0.6) is 0 Å². The summed E-state index contributed by atoms with van der Waals surface area (Å²) in [6.07, 6.45) is 2.47. The van der Waals surface area contributed by atoms with Crippen LogP contribution in [-0.2, 0) is 4.79 Å². The highest BCUT2D eigenvalue weighted by Gasteiger charge is 2.24. The summed E-state index contributed by atoms with van der Waals surface area (Å²) < 4.78 is 0. The van der Waals surface area contributed by atoms with E-state index in [0.29, 0.717) is 6.54 Å². The van der Waals surface area contributed by atoms with Crippen LogP contribution in [0.3, 0.4) is 0 Å². The maximum absolute atomic E-state index is 10.9. The van der Waals surface area contributed by atoms with Crippen molar-refractivity contribution in [2.24, 2.45) is 0 Å². The van der Waals surface area contributed by atoms with Crippen LogP contribution in [0.4, 0.5) is 0 Å². The number of carboxylic acid groups (broad SMARTS) is 1. The molecule has 4 nitrogen and oxygen atoms in total. The smallest absolute Gasteiger partial charge is 0.320 e. The number of carbonyl (C=O) groups is 1. The molecule has 0 bridgehead atoms. The van der Waals surface area contributed by atoms with E-state index in [1.807, 2.05) is 18.2 Å². The van der Waals surface area contributed by atoms with Gasteiger partial charge in [0, 0.05) is 12.6 Å². The lowest BCUT2D eigenvalue weighted by molar-refractivity contribution is -0.139. The van der Waals surface area contributed by atoms with Gasteiger partial charge in [0.15, 0.2) is 0 Å². The molecule has 4 heteroatoms. The number of rotatable bonds is 6. The molecule has 2 rings (SSSR count). The Morgan fingerprint density at radius 2 is 1.95 bits per heavy atom. The molecule has 1 aliphatic rings. The van der Waals surface area contributed by atoms with E-state index in [-0.39, 0.29) is 6.04 Å². The van der Waals surface area contributed by atoms with Gasteiger partial charge < -0.3 is 10.4 Å². The minimum atomic E-state index is -0.798. The zero-order valence-corrected chi connectivity index (χ0v) is 11.4. The first-order valence-electron chi connectivity index (χ1n) is 6.93. The molecule has 1 saturated heterocycles. The van der Waals surface area contributed by atoms with E-state index in [1.165, 1.54) is 18.4 Å². The second-order valence-corrected chi connectivity index (χ2v) is 5.14. The van der Waals surface area contributed by atoms with E-state index >= 15 is 0 Å². The fourth-order valence-corrected chi connectivity index (χ4v) is 2.56. The minimum Gasteiger partial charge on any atom is -0.480 e. The Balaban J connectivity index is 2.04. The van der Waals surface area contributed by atoms with Crippen LogP contribution in [0.15, 0.2) is 30.3 Å². The van der Waals surface area contributed by atoms with Crippen molar-refractivity contribution >= 4 is 5.97 Å². The summed E-state index contributed by atoms with van der Waals surface area (Å²) >= 11 is 0. The molecule has 1 heterocycles. The van der Waals surface area contributed by atoms with E-state index in [1.54, 1.807) is 6.92 Å². The molecule has 1 aromatic rings. The van der Waals surface area contributed by atoms with Crippen molar-refractivity contribution in [3.8, 4) is 0 Å². The van der Waals surface area contributed by atoms with Gasteiger partial charge in [0.25, 0.3) is 0 Å². The van der Waals surface area contributed by atoms with Crippen LogP contribution in [0, 0.1) is 0 Å². The summed E-state index contributed by atoms with van der Waals surface area (Å²) in [5, 5.41) is 12.1. The number of nitrogens with one attached hydrogen (secondary N) is 1. The molecule has 0 aromatic heterocycles. The SMILES string of the molecule is CC(NCC(c1ccccc1)N1CCCC1)C(=O)O. The summed E-state index contributed by atoms with van der Waals surface area (Å²) in [6.45, 7) is 4.57. The molecule has 2 N–H and O–H groups in total. The summed E-state index contributed by atoms with van der Waals surface area (Å²) in [4.78, 5) is 13.3. The fraction of sp³-hybridized carbons (Fsp3) is 0.533. The average molecular weight is 262 g/mol. The Morgan fingerprint density at radius 1 is 1.32 bits per heavy atom. The van der Waals surface area contributed by atoms with Gasteiger partial charge in [-0.3, -0.25) is 9.69 Å². The predicted molar refractivity (Wildman–Crippen MR) is 75.1 cm³/mol. The fourth-order valence-electron chi connectivity index (χ4n) is 2.56. The Labute approximate surface area is 114 Å². The van der Waals surface area contributed by atoms with Crippen LogP contribution < -0.4 is 5.32 Å². The van der Waals surface area contributed by atoms with Crippen LogP contribution in [0.25, 0.3) is 0 Å². The first-order chi connectivity index (χ1) is 9.18. The third-order valence-corrected chi connectivity index (χ3v) is 3.75. The van der Waals surface area contributed by atoms with Crippen LogP contribution in [0.1, 0.15) is 31.4 Å². The van der Waals surface area contributed by atoms with Gasteiger partial charge in [0.2, 0.25) is 0 Å². The Morgan fingerprint density at radius 3 is 2.53 bits per heavy atom. The highest BCUT2D eigenvalue weighted by atomic mass is 16.4. The lowest BCUT2D eigenvalue weighted by Crippen LogP contribution is -2.40. The number of benzene rings is 1. The van der Waals surface area contributed by atoms with E-state index in [9.17, 15) is 4.79 Å². The van der Waals surface area contributed by atoms with Crippen molar-refractivity contribution in [3.05, 3.63) is 35.9 Å². The quantitative estimate of drug-likeness (QED) is 0.822. The van der Waals surface area contributed by atoms with E-state index in [2.05, 4.69) is 22.3 Å². The molecule has 104 valence electrons. The molecule has 0 saturated carbocycles. The van der Waals surface area contributed by atoms with Crippen molar-refractivity contribution in [2.45, 2.75) is 31.8 Å². The number of carboxylic acids is 1. The number of aliphatic carboxylic acids is 1.